The largest absolute Gasteiger partial charge is 0.493 e. The number of fused-ring (bicyclic) bond motifs is 1. The highest BCUT2D eigenvalue weighted by molar-refractivity contribution is 6.05. The van der Waals surface area contributed by atoms with Crippen LogP contribution in [-0.2, 0) is 0 Å². The van der Waals surface area contributed by atoms with E-state index in [1.54, 1.807) is 6.07 Å². The maximum absolute atomic E-state index is 8.74. The van der Waals surface area contributed by atoms with Crippen LogP contribution in [0.4, 0.5) is 0 Å². The van der Waals surface area contributed by atoms with Crippen molar-refractivity contribution in [3.8, 4) is 11.5 Å². The number of ether oxygens (including phenoxy) is 2. The van der Waals surface area contributed by atoms with Crippen molar-refractivity contribution in [2.45, 2.75) is 12.8 Å². The van der Waals surface area contributed by atoms with Crippen molar-refractivity contribution in [2.75, 3.05) is 19.8 Å². The second-order valence-corrected chi connectivity index (χ2v) is 3.77. The number of nitrogens with zero attached hydrogens (tertiary/aromatic N) is 1. The van der Waals surface area contributed by atoms with E-state index >= 15 is 0 Å². The van der Waals surface area contributed by atoms with Crippen molar-refractivity contribution in [1.29, 1.82) is 0 Å². The first-order valence-corrected chi connectivity index (χ1v) is 5.57. The van der Waals surface area contributed by atoms with Crippen LogP contribution in [0.15, 0.2) is 23.4 Å². The summed E-state index contributed by atoms with van der Waals surface area (Å²) in [7, 11) is 0. The highest BCUT2D eigenvalue weighted by Crippen LogP contribution is 2.29. The number of hydrogen-bond acceptors (Lipinski definition) is 5. The van der Waals surface area contributed by atoms with Crippen molar-refractivity contribution in [3.63, 3.8) is 0 Å². The Kier molecular flexibility index (Phi) is 3.82. The maximum atomic E-state index is 8.74. The van der Waals surface area contributed by atoms with Gasteiger partial charge in [-0.1, -0.05) is 5.16 Å². The summed E-state index contributed by atoms with van der Waals surface area (Å²) in [4.78, 5) is 0. The van der Waals surface area contributed by atoms with Crippen LogP contribution in [0.1, 0.15) is 18.4 Å². The highest BCUT2D eigenvalue weighted by Gasteiger charge is 2.20. The molecule has 0 fully saturated rings. The Balaban J connectivity index is 1.98. The number of aliphatic hydroxyl groups excluding tert-OH is 1. The minimum absolute atomic E-state index is 0.187. The van der Waals surface area contributed by atoms with E-state index in [4.69, 9.17) is 19.8 Å². The lowest BCUT2D eigenvalue weighted by Crippen LogP contribution is -2.01. The number of benzene rings is 1. The predicted molar refractivity (Wildman–Crippen MR) is 62.1 cm³/mol. The molecule has 0 saturated heterocycles. The van der Waals surface area contributed by atoms with Gasteiger partial charge < -0.3 is 19.8 Å². The fourth-order valence-corrected chi connectivity index (χ4v) is 1.66. The van der Waals surface area contributed by atoms with E-state index in [-0.39, 0.29) is 6.61 Å². The second kappa shape index (κ2) is 5.54. The van der Waals surface area contributed by atoms with Gasteiger partial charge in [-0.3, -0.25) is 0 Å². The Labute approximate surface area is 99.3 Å². The van der Waals surface area contributed by atoms with E-state index in [2.05, 4.69) is 5.16 Å². The van der Waals surface area contributed by atoms with Crippen LogP contribution >= 0.6 is 0 Å². The van der Waals surface area contributed by atoms with Crippen LogP contribution in [0.3, 0.4) is 0 Å². The zero-order valence-corrected chi connectivity index (χ0v) is 9.43. The highest BCUT2D eigenvalue weighted by atomic mass is 16.5. The molecular formula is C12H15NO4. The van der Waals surface area contributed by atoms with E-state index in [9.17, 15) is 0 Å². The molecule has 1 aromatic carbocycles. The molecule has 5 heteroatoms. The summed E-state index contributed by atoms with van der Waals surface area (Å²) in [6, 6.07) is 5.42. The van der Waals surface area contributed by atoms with Gasteiger partial charge in [0.15, 0.2) is 0 Å². The molecule has 1 aliphatic heterocycles. The summed E-state index contributed by atoms with van der Waals surface area (Å²) >= 11 is 0. The summed E-state index contributed by atoms with van der Waals surface area (Å²) in [5.41, 5.74) is 1.34. The van der Waals surface area contributed by atoms with Crippen LogP contribution < -0.4 is 9.47 Å². The smallest absolute Gasteiger partial charge is 0.134 e. The molecule has 0 aliphatic carbocycles. The molecule has 0 unspecified atom stereocenters. The molecule has 0 bridgehead atoms. The van der Waals surface area contributed by atoms with Gasteiger partial charge in [0.1, 0.15) is 23.8 Å². The molecule has 2 N–H and O–H groups in total. The summed E-state index contributed by atoms with van der Waals surface area (Å²) in [6.45, 7) is 1.05. The second-order valence-electron chi connectivity index (χ2n) is 3.77. The number of hydrogen-bond donors (Lipinski definition) is 2. The lowest BCUT2D eigenvalue weighted by Gasteiger charge is -2.06. The first-order valence-electron chi connectivity index (χ1n) is 5.57. The molecule has 0 spiro atoms. The molecule has 2 rings (SSSR count). The van der Waals surface area contributed by atoms with Gasteiger partial charge in [0.25, 0.3) is 0 Å². The SMILES string of the molecule is OCCCCOc1ccc2c(c1)OCC2=NO. The Morgan fingerprint density at radius 3 is 3.00 bits per heavy atom. The summed E-state index contributed by atoms with van der Waals surface area (Å²) in [6.07, 6.45) is 1.56. The molecule has 5 nitrogen and oxygen atoms in total. The van der Waals surface area contributed by atoms with Gasteiger partial charge in [-0.25, -0.2) is 0 Å². The van der Waals surface area contributed by atoms with Crippen LogP contribution in [0.5, 0.6) is 11.5 Å². The molecule has 0 saturated carbocycles. The minimum atomic E-state index is 0.187. The van der Waals surface area contributed by atoms with Gasteiger partial charge in [-0.15, -0.1) is 0 Å². The Hall–Kier alpha value is -1.75. The van der Waals surface area contributed by atoms with Crippen molar-refractivity contribution >= 4 is 5.71 Å². The first-order chi connectivity index (χ1) is 8.35. The minimum Gasteiger partial charge on any atom is -0.493 e. The van der Waals surface area contributed by atoms with E-state index < -0.39 is 0 Å². The number of rotatable bonds is 5. The number of unbranched alkanes of at least 4 members (excludes halogenated alkanes) is 1. The molecule has 0 amide bonds. The van der Waals surface area contributed by atoms with E-state index in [1.807, 2.05) is 12.1 Å². The van der Waals surface area contributed by atoms with Crippen LogP contribution in [0, 0.1) is 0 Å². The summed E-state index contributed by atoms with van der Waals surface area (Å²) < 4.78 is 10.9. The van der Waals surface area contributed by atoms with Gasteiger partial charge in [-0.2, -0.15) is 0 Å². The average Bonchev–Trinajstić information content (AvgIpc) is 2.77. The number of oxime groups is 1. The molecule has 1 heterocycles. The fourth-order valence-electron chi connectivity index (χ4n) is 1.66. The van der Waals surface area contributed by atoms with Gasteiger partial charge in [0.2, 0.25) is 0 Å². The molecule has 0 atom stereocenters. The van der Waals surface area contributed by atoms with Crippen molar-refractivity contribution in [3.05, 3.63) is 23.8 Å². The average molecular weight is 237 g/mol. The Bertz CT molecular complexity index is 417. The normalized spacial score (nSPS) is 15.7. The number of aliphatic hydroxyl groups is 1. The zero-order valence-electron chi connectivity index (χ0n) is 9.43. The molecule has 1 aromatic rings. The summed E-state index contributed by atoms with van der Waals surface area (Å²) in [5, 5.41) is 20.5. The van der Waals surface area contributed by atoms with Gasteiger partial charge >= 0.3 is 0 Å². The third-order valence-corrected chi connectivity index (χ3v) is 2.57. The van der Waals surface area contributed by atoms with Crippen LogP contribution in [0.25, 0.3) is 0 Å². The molecule has 1 aliphatic rings. The predicted octanol–water partition coefficient (Wildman–Crippen LogP) is 1.41. The molecule has 92 valence electrons. The first kappa shape index (κ1) is 11.7. The topological polar surface area (TPSA) is 71.3 Å². The van der Waals surface area contributed by atoms with Gasteiger partial charge in [0.05, 0.1) is 6.61 Å². The lowest BCUT2D eigenvalue weighted by atomic mass is 10.1. The van der Waals surface area contributed by atoms with Gasteiger partial charge in [-0.05, 0) is 25.0 Å². The van der Waals surface area contributed by atoms with Crippen molar-refractivity contribution in [1.82, 2.24) is 0 Å². The van der Waals surface area contributed by atoms with Crippen molar-refractivity contribution < 1.29 is 19.8 Å². The maximum Gasteiger partial charge on any atom is 0.134 e. The van der Waals surface area contributed by atoms with Crippen molar-refractivity contribution in [2.24, 2.45) is 5.16 Å². The molecule has 0 radical (unpaired) electrons. The molecular weight excluding hydrogens is 222 g/mol. The van der Waals surface area contributed by atoms with E-state index in [0.717, 1.165) is 24.2 Å². The Morgan fingerprint density at radius 1 is 1.35 bits per heavy atom. The zero-order chi connectivity index (χ0) is 12.1. The van der Waals surface area contributed by atoms with E-state index in [1.165, 1.54) is 0 Å². The van der Waals surface area contributed by atoms with Gasteiger partial charge in [0, 0.05) is 18.2 Å². The quantitative estimate of drug-likeness (QED) is 0.461. The standard InChI is InChI=1S/C12H15NO4/c14-5-1-2-6-16-9-3-4-10-11(13-15)8-17-12(10)7-9/h3-4,7,14-15H,1-2,5-6,8H2. The lowest BCUT2D eigenvalue weighted by molar-refractivity contribution is 0.252. The third kappa shape index (κ3) is 2.68. The molecule has 17 heavy (non-hydrogen) atoms. The fraction of sp³-hybridized carbons (Fsp3) is 0.417. The third-order valence-electron chi connectivity index (χ3n) is 2.57. The summed E-state index contributed by atoms with van der Waals surface area (Å²) in [5.74, 6) is 1.40. The van der Waals surface area contributed by atoms with Crippen LogP contribution in [-0.4, -0.2) is 35.8 Å². The van der Waals surface area contributed by atoms with E-state index in [0.29, 0.717) is 24.7 Å². The monoisotopic (exact) mass is 237 g/mol. The Morgan fingerprint density at radius 2 is 2.24 bits per heavy atom. The molecule has 0 aromatic heterocycles. The van der Waals surface area contributed by atoms with Crippen LogP contribution in [0.2, 0.25) is 0 Å².